The first kappa shape index (κ1) is 20.8. The topological polar surface area (TPSA) is 71.1 Å². The molecule has 0 saturated carbocycles. The zero-order valence-corrected chi connectivity index (χ0v) is 17.9. The number of aromatic nitrogens is 1. The first-order valence-electron chi connectivity index (χ1n) is 10.8. The van der Waals surface area contributed by atoms with Crippen molar-refractivity contribution in [2.45, 2.75) is 39.2 Å². The summed E-state index contributed by atoms with van der Waals surface area (Å²) in [6, 6.07) is 17.3. The Bertz CT molecular complexity index is 1150. The highest BCUT2D eigenvalue weighted by Crippen LogP contribution is 2.37. The van der Waals surface area contributed by atoms with Gasteiger partial charge in [-0.25, -0.2) is 4.98 Å². The molecule has 2 aromatic carbocycles. The van der Waals surface area contributed by atoms with Crippen LogP contribution in [0.2, 0.25) is 0 Å². The number of rotatable bonds is 6. The molecule has 158 valence electrons. The Labute approximate surface area is 182 Å². The summed E-state index contributed by atoms with van der Waals surface area (Å²) < 4.78 is 0. The van der Waals surface area contributed by atoms with E-state index in [0.717, 1.165) is 52.6 Å². The number of hydrogen-bond donors (Lipinski definition) is 2. The molecule has 2 N–H and O–H groups in total. The molecule has 3 aromatic rings. The summed E-state index contributed by atoms with van der Waals surface area (Å²) in [5.41, 5.74) is 5.51. The van der Waals surface area contributed by atoms with Crippen LogP contribution in [-0.2, 0) is 11.2 Å². The zero-order chi connectivity index (χ0) is 21.8. The number of fused-ring (bicyclic) bond motifs is 2. The molecule has 1 unspecified atom stereocenters. The van der Waals surface area contributed by atoms with E-state index in [0.29, 0.717) is 12.1 Å². The second-order valence-electron chi connectivity index (χ2n) is 7.90. The number of carbonyl (C=O) groups excluding carboxylic acids is 2. The molecule has 31 heavy (non-hydrogen) atoms. The van der Waals surface area contributed by atoms with E-state index < -0.39 is 6.04 Å². The van der Waals surface area contributed by atoms with Crippen molar-refractivity contribution in [1.29, 1.82) is 0 Å². The van der Waals surface area contributed by atoms with Gasteiger partial charge in [0.05, 0.1) is 16.8 Å². The van der Waals surface area contributed by atoms with Crippen LogP contribution in [0.3, 0.4) is 0 Å². The van der Waals surface area contributed by atoms with Crippen molar-refractivity contribution in [1.82, 2.24) is 15.6 Å². The molecule has 4 rings (SSSR count). The summed E-state index contributed by atoms with van der Waals surface area (Å²) in [6.45, 7) is 4.31. The Hall–Kier alpha value is -3.47. The van der Waals surface area contributed by atoms with Crippen LogP contribution in [0, 0.1) is 0 Å². The predicted molar refractivity (Wildman–Crippen MR) is 125 cm³/mol. The van der Waals surface area contributed by atoms with Crippen molar-refractivity contribution < 1.29 is 9.59 Å². The summed E-state index contributed by atoms with van der Waals surface area (Å²) in [4.78, 5) is 30.5. The Morgan fingerprint density at radius 1 is 1.06 bits per heavy atom. The van der Waals surface area contributed by atoms with Gasteiger partial charge in [-0.05, 0) is 55.0 Å². The summed E-state index contributed by atoms with van der Waals surface area (Å²) in [5.74, 6) is -0.398. The van der Waals surface area contributed by atoms with Gasteiger partial charge in [0.25, 0.3) is 5.91 Å². The molecule has 1 aliphatic rings. The molecule has 1 aromatic heterocycles. The van der Waals surface area contributed by atoms with Crippen LogP contribution >= 0.6 is 0 Å². The average Bonchev–Trinajstić information content (AvgIpc) is 3.18. The normalized spacial score (nSPS) is 15.0. The average molecular weight is 414 g/mol. The van der Waals surface area contributed by atoms with Gasteiger partial charge >= 0.3 is 0 Å². The lowest BCUT2D eigenvalue weighted by Crippen LogP contribution is -2.45. The Morgan fingerprint density at radius 3 is 2.58 bits per heavy atom. The number of allylic oxidation sites excluding steroid dienone is 1. The van der Waals surface area contributed by atoms with Crippen LogP contribution in [0.4, 0.5) is 0 Å². The summed E-state index contributed by atoms with van der Waals surface area (Å²) in [7, 11) is 0. The highest BCUT2D eigenvalue weighted by atomic mass is 16.2. The summed E-state index contributed by atoms with van der Waals surface area (Å²) >= 11 is 0. The third kappa shape index (κ3) is 4.36. The van der Waals surface area contributed by atoms with E-state index >= 15 is 0 Å². The zero-order valence-electron chi connectivity index (χ0n) is 17.9. The number of pyridine rings is 1. The fourth-order valence-corrected chi connectivity index (χ4v) is 4.02. The molecule has 0 fully saturated rings. The second kappa shape index (κ2) is 9.13. The summed E-state index contributed by atoms with van der Waals surface area (Å²) in [6.07, 6.45) is 4.59. The molecule has 2 amide bonds. The van der Waals surface area contributed by atoms with Gasteiger partial charge in [-0.1, -0.05) is 55.5 Å². The van der Waals surface area contributed by atoms with Crippen molar-refractivity contribution in [2.24, 2.45) is 0 Å². The standard InChI is InChI=1S/C26H27N3O2/c1-3-15-27-25(30)17(2)28-26(31)23-20-11-7-8-12-22(20)29-24-19(13-14-21(23)24)16-18-9-5-4-6-10-18/h4-12,16-17H,3,13-15H2,1-2H3,(H,27,30)(H,28,31)/b19-16+. The first-order valence-corrected chi connectivity index (χ1v) is 10.8. The van der Waals surface area contributed by atoms with Crippen LogP contribution in [0.1, 0.15) is 53.9 Å². The van der Waals surface area contributed by atoms with Crippen molar-refractivity contribution >= 4 is 34.4 Å². The molecule has 1 heterocycles. The van der Waals surface area contributed by atoms with Crippen LogP contribution in [-0.4, -0.2) is 29.4 Å². The van der Waals surface area contributed by atoms with Crippen LogP contribution in [0.5, 0.6) is 0 Å². The molecule has 0 saturated heterocycles. The Balaban J connectivity index is 1.73. The fourth-order valence-electron chi connectivity index (χ4n) is 4.02. The van der Waals surface area contributed by atoms with E-state index in [4.69, 9.17) is 4.98 Å². The molecular formula is C26H27N3O2. The van der Waals surface area contributed by atoms with Gasteiger partial charge < -0.3 is 10.6 Å². The van der Waals surface area contributed by atoms with Gasteiger partial charge in [0, 0.05) is 11.9 Å². The van der Waals surface area contributed by atoms with Crippen molar-refractivity contribution in [3.63, 3.8) is 0 Å². The quantitative estimate of drug-likeness (QED) is 0.631. The summed E-state index contributed by atoms with van der Waals surface area (Å²) in [5, 5.41) is 6.55. The minimum Gasteiger partial charge on any atom is -0.354 e. The third-order valence-electron chi connectivity index (χ3n) is 5.60. The van der Waals surface area contributed by atoms with E-state index in [-0.39, 0.29) is 11.8 Å². The van der Waals surface area contributed by atoms with Gasteiger partial charge in [-0.3, -0.25) is 9.59 Å². The van der Waals surface area contributed by atoms with Gasteiger partial charge in [-0.2, -0.15) is 0 Å². The minimum atomic E-state index is -0.609. The van der Waals surface area contributed by atoms with Gasteiger partial charge in [0.15, 0.2) is 0 Å². The van der Waals surface area contributed by atoms with Crippen molar-refractivity contribution in [2.75, 3.05) is 6.54 Å². The number of para-hydroxylation sites is 1. The van der Waals surface area contributed by atoms with E-state index in [1.165, 1.54) is 0 Å². The third-order valence-corrected chi connectivity index (χ3v) is 5.60. The molecule has 0 radical (unpaired) electrons. The lowest BCUT2D eigenvalue weighted by Gasteiger charge is -2.17. The van der Waals surface area contributed by atoms with Gasteiger partial charge in [-0.15, -0.1) is 0 Å². The number of carbonyl (C=O) groups is 2. The van der Waals surface area contributed by atoms with Crippen LogP contribution in [0.15, 0.2) is 54.6 Å². The minimum absolute atomic E-state index is 0.171. The largest absolute Gasteiger partial charge is 0.354 e. The smallest absolute Gasteiger partial charge is 0.252 e. The number of nitrogens with one attached hydrogen (secondary N) is 2. The number of amides is 2. The van der Waals surface area contributed by atoms with Crippen LogP contribution in [0.25, 0.3) is 22.6 Å². The van der Waals surface area contributed by atoms with Gasteiger partial charge in [0.2, 0.25) is 5.91 Å². The SMILES string of the molecule is CCCNC(=O)C(C)NC(=O)c1c2c(nc3ccccc13)/C(=C/c1ccccc1)CC2. The van der Waals surface area contributed by atoms with Crippen molar-refractivity contribution in [3.8, 4) is 0 Å². The predicted octanol–water partition coefficient (Wildman–Crippen LogP) is 4.37. The fraction of sp³-hybridized carbons (Fsp3) is 0.269. The number of benzene rings is 2. The maximum absolute atomic E-state index is 13.3. The maximum atomic E-state index is 13.3. The maximum Gasteiger partial charge on any atom is 0.252 e. The molecule has 5 nitrogen and oxygen atoms in total. The highest BCUT2D eigenvalue weighted by Gasteiger charge is 2.28. The molecule has 0 aliphatic heterocycles. The highest BCUT2D eigenvalue weighted by molar-refractivity contribution is 6.10. The first-order chi connectivity index (χ1) is 15.1. The second-order valence-corrected chi connectivity index (χ2v) is 7.90. The van der Waals surface area contributed by atoms with E-state index in [1.807, 2.05) is 49.4 Å². The number of nitrogens with zero attached hydrogens (tertiary/aromatic N) is 1. The molecular weight excluding hydrogens is 386 g/mol. The Morgan fingerprint density at radius 2 is 1.81 bits per heavy atom. The lowest BCUT2D eigenvalue weighted by molar-refractivity contribution is -0.122. The molecule has 0 bridgehead atoms. The van der Waals surface area contributed by atoms with E-state index in [2.05, 4.69) is 28.8 Å². The van der Waals surface area contributed by atoms with E-state index in [1.54, 1.807) is 6.92 Å². The lowest BCUT2D eigenvalue weighted by atomic mass is 9.99. The number of hydrogen-bond acceptors (Lipinski definition) is 3. The molecule has 5 heteroatoms. The van der Waals surface area contributed by atoms with Gasteiger partial charge in [0.1, 0.15) is 6.04 Å². The Kier molecular flexibility index (Phi) is 6.12. The molecule has 1 aliphatic carbocycles. The molecule has 1 atom stereocenters. The van der Waals surface area contributed by atoms with Crippen LogP contribution < -0.4 is 10.6 Å². The van der Waals surface area contributed by atoms with Crippen molar-refractivity contribution in [3.05, 3.63) is 77.0 Å². The van der Waals surface area contributed by atoms with E-state index in [9.17, 15) is 9.59 Å². The molecule has 0 spiro atoms. The monoisotopic (exact) mass is 413 g/mol.